The summed E-state index contributed by atoms with van der Waals surface area (Å²) in [7, 11) is 0. The summed E-state index contributed by atoms with van der Waals surface area (Å²) < 4.78 is 16.3. The van der Waals surface area contributed by atoms with Crippen LogP contribution in [0.1, 0.15) is 44.7 Å². The number of hydrogen-bond acceptors (Lipinski definition) is 5. The second-order valence-electron chi connectivity index (χ2n) is 5.72. The Morgan fingerprint density at radius 3 is 2.75 bits per heavy atom. The highest BCUT2D eigenvalue weighted by atomic mass is 16.5. The predicted molar refractivity (Wildman–Crippen MR) is 89.1 cm³/mol. The Bertz CT molecular complexity index is 599. The molecule has 0 saturated heterocycles. The Labute approximate surface area is 142 Å². The number of benzene rings is 1. The Balaban J connectivity index is 1.95. The van der Waals surface area contributed by atoms with Gasteiger partial charge in [0, 0.05) is 30.5 Å². The van der Waals surface area contributed by atoms with E-state index in [1.54, 1.807) is 6.92 Å². The molecule has 1 aromatic rings. The molecular formula is C18H25NO5. The normalized spacial score (nSPS) is 15.4. The van der Waals surface area contributed by atoms with Crippen LogP contribution in [0.3, 0.4) is 0 Å². The first-order valence-electron chi connectivity index (χ1n) is 8.41. The number of carbonyl (C=O) groups is 2. The van der Waals surface area contributed by atoms with Crippen LogP contribution in [0.25, 0.3) is 0 Å². The molecule has 0 spiro atoms. The molecule has 1 aliphatic rings. The van der Waals surface area contributed by atoms with Gasteiger partial charge in [-0.2, -0.15) is 0 Å². The van der Waals surface area contributed by atoms with Crippen LogP contribution in [0.4, 0.5) is 0 Å². The van der Waals surface area contributed by atoms with Crippen LogP contribution >= 0.6 is 0 Å². The lowest BCUT2D eigenvalue weighted by atomic mass is 10.1. The van der Waals surface area contributed by atoms with Crippen LogP contribution < -0.4 is 14.8 Å². The van der Waals surface area contributed by atoms with E-state index in [1.165, 1.54) is 0 Å². The predicted octanol–water partition coefficient (Wildman–Crippen LogP) is 2.37. The first kappa shape index (κ1) is 18.1. The van der Waals surface area contributed by atoms with Gasteiger partial charge in [0.05, 0.1) is 19.6 Å². The van der Waals surface area contributed by atoms with Crippen LogP contribution in [0.15, 0.2) is 12.1 Å². The maximum absolute atomic E-state index is 11.9. The molecule has 1 aromatic carbocycles. The summed E-state index contributed by atoms with van der Waals surface area (Å²) in [4.78, 5) is 23.2. The molecule has 1 heterocycles. The molecular weight excluding hydrogens is 310 g/mol. The highest BCUT2D eigenvalue weighted by molar-refractivity contribution is 5.81. The average Bonchev–Trinajstić information content (AvgIpc) is 2.90. The number of rotatable bonds is 8. The summed E-state index contributed by atoms with van der Waals surface area (Å²) in [6.07, 6.45) is 1.22. The van der Waals surface area contributed by atoms with Crippen molar-refractivity contribution < 1.29 is 23.8 Å². The van der Waals surface area contributed by atoms with Crippen molar-refractivity contribution in [1.82, 2.24) is 5.32 Å². The Hall–Kier alpha value is -2.24. The first-order chi connectivity index (χ1) is 11.5. The molecule has 1 aliphatic heterocycles. The minimum atomic E-state index is -0.359. The van der Waals surface area contributed by atoms with Gasteiger partial charge in [-0.3, -0.25) is 9.59 Å². The van der Waals surface area contributed by atoms with Crippen molar-refractivity contribution >= 4 is 11.9 Å². The Kier molecular flexibility index (Phi) is 6.46. The molecule has 1 amide bonds. The first-order valence-corrected chi connectivity index (χ1v) is 8.41. The van der Waals surface area contributed by atoms with Crippen molar-refractivity contribution in [3.8, 4) is 11.5 Å². The molecule has 1 N–H and O–H groups in total. The zero-order valence-electron chi connectivity index (χ0n) is 14.5. The molecule has 6 heteroatoms. The molecule has 0 aliphatic carbocycles. The highest BCUT2D eigenvalue weighted by Gasteiger charge is 2.22. The van der Waals surface area contributed by atoms with Crippen molar-refractivity contribution in [2.45, 2.75) is 52.7 Å². The zero-order valence-corrected chi connectivity index (χ0v) is 14.5. The van der Waals surface area contributed by atoms with Crippen LogP contribution in [0, 0.1) is 0 Å². The van der Waals surface area contributed by atoms with Gasteiger partial charge in [-0.1, -0.05) is 0 Å². The number of hydrogen-bond donors (Lipinski definition) is 1. The van der Waals surface area contributed by atoms with E-state index >= 15 is 0 Å². The lowest BCUT2D eigenvalue weighted by Gasteiger charge is -2.13. The quantitative estimate of drug-likeness (QED) is 0.738. The van der Waals surface area contributed by atoms with E-state index in [0.29, 0.717) is 19.8 Å². The Morgan fingerprint density at radius 2 is 2.04 bits per heavy atom. The smallest absolute Gasteiger partial charge is 0.306 e. The summed E-state index contributed by atoms with van der Waals surface area (Å²) in [5.74, 6) is 1.06. The number of fused-ring (bicyclic) bond motifs is 1. The molecule has 6 nitrogen and oxygen atoms in total. The fraction of sp³-hybridized carbons (Fsp3) is 0.556. The van der Waals surface area contributed by atoms with Crippen molar-refractivity contribution in [3.63, 3.8) is 0 Å². The van der Waals surface area contributed by atoms with Crippen molar-refractivity contribution in [3.05, 3.63) is 23.3 Å². The molecule has 132 valence electrons. The monoisotopic (exact) mass is 335 g/mol. The second kappa shape index (κ2) is 8.57. The topological polar surface area (TPSA) is 73.9 Å². The number of ether oxygens (including phenoxy) is 3. The van der Waals surface area contributed by atoms with Crippen molar-refractivity contribution in [2.24, 2.45) is 0 Å². The third-order valence-electron chi connectivity index (χ3n) is 3.72. The number of nitrogens with one attached hydrogen (secondary N) is 1. The fourth-order valence-electron chi connectivity index (χ4n) is 2.64. The van der Waals surface area contributed by atoms with E-state index in [4.69, 9.17) is 14.2 Å². The standard InChI is InChI=1S/C18H25NO5/c1-4-22-15-9-13-8-12(3)24-16(13)10-14(15)11-19-17(20)6-7-18(21)23-5-2/h9-10,12H,4-8,11H2,1-3H3,(H,19,20)/t12-/m0/s1. The van der Waals surface area contributed by atoms with E-state index in [0.717, 1.165) is 29.0 Å². The minimum absolute atomic E-state index is 0.0861. The van der Waals surface area contributed by atoms with E-state index in [1.807, 2.05) is 26.0 Å². The number of amides is 1. The SMILES string of the molecule is CCOC(=O)CCC(=O)NCc1cc2c(cc1OCC)C[C@H](C)O2. The van der Waals surface area contributed by atoms with Gasteiger partial charge in [-0.25, -0.2) is 0 Å². The minimum Gasteiger partial charge on any atom is -0.494 e. The summed E-state index contributed by atoms with van der Waals surface area (Å²) in [5.41, 5.74) is 2.00. The van der Waals surface area contributed by atoms with Gasteiger partial charge in [0.25, 0.3) is 0 Å². The largest absolute Gasteiger partial charge is 0.494 e. The van der Waals surface area contributed by atoms with Gasteiger partial charge >= 0.3 is 5.97 Å². The van der Waals surface area contributed by atoms with Gasteiger partial charge in [-0.05, 0) is 32.9 Å². The van der Waals surface area contributed by atoms with Crippen LogP contribution in [-0.4, -0.2) is 31.2 Å². The lowest BCUT2D eigenvalue weighted by Crippen LogP contribution is -2.24. The molecule has 1 atom stereocenters. The third-order valence-corrected chi connectivity index (χ3v) is 3.72. The molecule has 0 radical (unpaired) electrons. The molecule has 2 rings (SSSR count). The summed E-state index contributed by atoms with van der Waals surface area (Å²) in [6, 6.07) is 3.91. The molecule has 24 heavy (non-hydrogen) atoms. The van der Waals surface area contributed by atoms with Crippen molar-refractivity contribution in [1.29, 1.82) is 0 Å². The molecule has 0 fully saturated rings. The van der Waals surface area contributed by atoms with Crippen LogP contribution in [0.5, 0.6) is 11.5 Å². The van der Waals surface area contributed by atoms with Gasteiger partial charge < -0.3 is 19.5 Å². The lowest BCUT2D eigenvalue weighted by molar-refractivity contribution is -0.144. The molecule has 0 bridgehead atoms. The second-order valence-corrected chi connectivity index (χ2v) is 5.72. The van der Waals surface area contributed by atoms with Crippen LogP contribution in [0.2, 0.25) is 0 Å². The van der Waals surface area contributed by atoms with Gasteiger partial charge in [0.15, 0.2) is 0 Å². The van der Waals surface area contributed by atoms with Crippen molar-refractivity contribution in [2.75, 3.05) is 13.2 Å². The summed E-state index contributed by atoms with van der Waals surface area (Å²) in [6.45, 7) is 6.90. The zero-order chi connectivity index (χ0) is 17.5. The molecule has 0 unspecified atom stereocenters. The van der Waals surface area contributed by atoms with Gasteiger partial charge in [0.1, 0.15) is 17.6 Å². The number of carbonyl (C=O) groups excluding carboxylic acids is 2. The maximum Gasteiger partial charge on any atom is 0.306 e. The summed E-state index contributed by atoms with van der Waals surface area (Å²) >= 11 is 0. The fourth-order valence-corrected chi connectivity index (χ4v) is 2.64. The van der Waals surface area contributed by atoms with E-state index in [-0.39, 0.29) is 30.8 Å². The maximum atomic E-state index is 11.9. The summed E-state index contributed by atoms with van der Waals surface area (Å²) in [5, 5.41) is 2.82. The van der Waals surface area contributed by atoms with Gasteiger partial charge in [0.2, 0.25) is 5.91 Å². The Morgan fingerprint density at radius 1 is 1.25 bits per heavy atom. The van der Waals surface area contributed by atoms with Crippen LogP contribution in [-0.2, 0) is 27.3 Å². The van der Waals surface area contributed by atoms with E-state index < -0.39 is 0 Å². The van der Waals surface area contributed by atoms with Gasteiger partial charge in [-0.15, -0.1) is 0 Å². The highest BCUT2D eigenvalue weighted by Crippen LogP contribution is 2.35. The molecule has 0 aromatic heterocycles. The average molecular weight is 335 g/mol. The number of esters is 1. The third kappa shape index (κ3) is 4.88. The van der Waals surface area contributed by atoms with E-state index in [9.17, 15) is 9.59 Å². The van der Waals surface area contributed by atoms with E-state index in [2.05, 4.69) is 5.32 Å². The molecule has 0 saturated carbocycles.